The van der Waals surface area contributed by atoms with E-state index in [0.29, 0.717) is 0 Å². The molecule has 2 rings (SSSR count). The molecule has 46 heavy (non-hydrogen) atoms. The smallest absolute Gasteiger partial charge is 0.217 e. The molecule has 0 aromatic carbocycles. The Hall–Kier alpha value is -1.66. The van der Waals surface area contributed by atoms with Crippen molar-refractivity contribution in [1.82, 2.24) is 10.6 Å². The van der Waals surface area contributed by atoms with E-state index in [1.54, 1.807) is 0 Å². The molecule has 270 valence electrons. The second-order valence-corrected chi connectivity index (χ2v) is 10.7. The first kappa shape index (κ1) is 40.5. The van der Waals surface area contributed by atoms with Crippen molar-refractivity contribution in [2.75, 3.05) is 79.3 Å². The molecule has 2 aliphatic heterocycles. The Morgan fingerprint density at radius 3 is 1.33 bits per heavy atom. The summed E-state index contributed by atoms with van der Waals surface area (Å²) in [4.78, 5) is 22.9. The van der Waals surface area contributed by atoms with Crippen LogP contribution in [0.2, 0.25) is 0 Å². The van der Waals surface area contributed by atoms with Gasteiger partial charge in [-0.25, -0.2) is 0 Å². The molecule has 19 nitrogen and oxygen atoms in total. The fourth-order valence-corrected chi connectivity index (χ4v) is 4.63. The number of hydrogen-bond acceptors (Lipinski definition) is 17. The van der Waals surface area contributed by atoms with Gasteiger partial charge in [-0.1, -0.05) is 0 Å². The van der Waals surface area contributed by atoms with Crippen molar-refractivity contribution in [2.24, 2.45) is 5.73 Å². The molecule has 10 N–H and O–H groups in total. The number of nitrogens with one attached hydrogen (secondary N) is 2. The number of nitrogens with two attached hydrogens (primary N) is 1. The molecule has 0 radical (unpaired) electrons. The Bertz CT molecular complexity index is 796. The summed E-state index contributed by atoms with van der Waals surface area (Å²) in [5, 5.41) is 64.2. The van der Waals surface area contributed by atoms with E-state index in [4.69, 9.17) is 43.6 Å². The van der Waals surface area contributed by atoms with Gasteiger partial charge < -0.3 is 84.9 Å². The first-order valence-electron chi connectivity index (χ1n) is 15.1. The predicted molar refractivity (Wildman–Crippen MR) is 154 cm³/mol. The van der Waals surface area contributed by atoms with Crippen molar-refractivity contribution >= 4 is 11.8 Å². The van der Waals surface area contributed by atoms with Crippen molar-refractivity contribution in [1.29, 1.82) is 0 Å². The van der Waals surface area contributed by atoms with Gasteiger partial charge in [0.1, 0.15) is 48.7 Å². The van der Waals surface area contributed by atoms with Crippen molar-refractivity contribution in [3.05, 3.63) is 0 Å². The lowest BCUT2D eigenvalue weighted by Gasteiger charge is -2.42. The van der Waals surface area contributed by atoms with Gasteiger partial charge in [0.25, 0.3) is 0 Å². The van der Waals surface area contributed by atoms with Crippen molar-refractivity contribution < 1.29 is 78.1 Å². The van der Waals surface area contributed by atoms with E-state index < -0.39 is 92.4 Å². The third kappa shape index (κ3) is 13.8. The second kappa shape index (κ2) is 22.1. The Balaban J connectivity index is 1.48. The zero-order valence-electron chi connectivity index (χ0n) is 26.2. The van der Waals surface area contributed by atoms with Crippen LogP contribution in [0.5, 0.6) is 0 Å². The highest BCUT2D eigenvalue weighted by Gasteiger charge is 2.46. The number of ether oxygens (including phenoxy) is 8. The quantitative estimate of drug-likeness (QED) is 0.0484. The number of carbonyl (C=O) groups is 2. The zero-order chi connectivity index (χ0) is 34.1. The monoisotopic (exact) mass is 673 g/mol. The highest BCUT2D eigenvalue weighted by molar-refractivity contribution is 5.73. The lowest BCUT2D eigenvalue weighted by atomic mass is 9.97. The number of hydrogen-bond donors (Lipinski definition) is 9. The van der Waals surface area contributed by atoms with Crippen LogP contribution in [-0.4, -0.2) is 189 Å². The maximum absolute atomic E-state index is 11.5. The molecule has 2 aliphatic rings. The van der Waals surface area contributed by atoms with Gasteiger partial charge in [-0.3, -0.25) is 9.59 Å². The summed E-state index contributed by atoms with van der Waals surface area (Å²) >= 11 is 0. The fraction of sp³-hybridized carbons (Fsp3) is 0.926. The molecule has 0 spiro atoms. The highest BCUT2D eigenvalue weighted by Crippen LogP contribution is 2.23. The van der Waals surface area contributed by atoms with E-state index in [-0.39, 0.29) is 66.1 Å². The van der Waals surface area contributed by atoms with Gasteiger partial charge in [0.15, 0.2) is 12.6 Å². The summed E-state index contributed by atoms with van der Waals surface area (Å²) in [6, 6.07) is -2.44. The highest BCUT2D eigenvalue weighted by atomic mass is 16.7. The maximum atomic E-state index is 11.5. The number of rotatable bonds is 22. The largest absolute Gasteiger partial charge is 0.394 e. The number of amides is 2. The van der Waals surface area contributed by atoms with Crippen LogP contribution < -0.4 is 16.4 Å². The topological polar surface area (TPSA) is 279 Å². The van der Waals surface area contributed by atoms with E-state index >= 15 is 0 Å². The van der Waals surface area contributed by atoms with Gasteiger partial charge in [0, 0.05) is 13.8 Å². The first-order valence-corrected chi connectivity index (χ1v) is 15.1. The van der Waals surface area contributed by atoms with Crippen LogP contribution in [0.3, 0.4) is 0 Å². The van der Waals surface area contributed by atoms with E-state index in [9.17, 15) is 40.2 Å². The van der Waals surface area contributed by atoms with Crippen LogP contribution in [0.25, 0.3) is 0 Å². The molecule has 2 heterocycles. The summed E-state index contributed by atoms with van der Waals surface area (Å²) in [6.45, 7) is 3.26. The van der Waals surface area contributed by atoms with Crippen LogP contribution in [-0.2, 0) is 47.5 Å². The molecule has 0 aromatic rings. The van der Waals surface area contributed by atoms with Crippen LogP contribution in [0.15, 0.2) is 0 Å². The minimum absolute atomic E-state index is 0.0483. The third-order valence-corrected chi connectivity index (χ3v) is 6.93. The third-order valence-electron chi connectivity index (χ3n) is 6.93. The molecule has 10 atom stereocenters. The van der Waals surface area contributed by atoms with Crippen molar-refractivity contribution in [3.8, 4) is 0 Å². The standard InChI is InChI=1S/C27H51N3O16/c1-15(33)29-20-24(37)22(35)18(11-31)45-26(20)43-9-7-39-3-5-41-13-17(28)14-42-6-4-40-8-10-44-27-21(30-16(2)34)25(38)23(36)19(12-32)46-27/h17-27,31-32,35-38H,3-14,28H2,1-2H3,(H,29,33)(H,30,34). The minimum Gasteiger partial charge on any atom is -0.394 e. The van der Waals surface area contributed by atoms with Crippen LogP contribution in [0.4, 0.5) is 0 Å². The Labute approximate surface area is 267 Å². The summed E-state index contributed by atoms with van der Waals surface area (Å²) < 4.78 is 43.9. The van der Waals surface area contributed by atoms with Gasteiger partial charge in [0.2, 0.25) is 11.8 Å². The SMILES string of the molecule is CC(=O)NC1C(OCCOCCOCC(N)COCCOCCOC2OC(CO)C(O)C(O)C2NC(C)=O)OC(CO)C(O)C1O. The summed E-state index contributed by atoms with van der Waals surface area (Å²) in [6.07, 6.45) is -9.89. The van der Waals surface area contributed by atoms with Crippen LogP contribution >= 0.6 is 0 Å². The number of aliphatic hydroxyl groups excluding tert-OH is 6. The van der Waals surface area contributed by atoms with E-state index in [1.807, 2.05) is 0 Å². The summed E-state index contributed by atoms with van der Waals surface area (Å²) in [5.74, 6) is -0.895. The molecule has 0 bridgehead atoms. The van der Waals surface area contributed by atoms with E-state index in [0.717, 1.165) is 0 Å². The molecule has 19 heteroatoms. The number of carbonyl (C=O) groups excluding carboxylic acids is 2. The predicted octanol–water partition coefficient (Wildman–Crippen LogP) is -5.70. The van der Waals surface area contributed by atoms with Gasteiger partial charge in [-0.15, -0.1) is 0 Å². The van der Waals surface area contributed by atoms with Gasteiger partial charge in [-0.2, -0.15) is 0 Å². The zero-order valence-corrected chi connectivity index (χ0v) is 26.2. The molecule has 0 aliphatic carbocycles. The first-order chi connectivity index (χ1) is 22.0. The average Bonchev–Trinajstić information content (AvgIpc) is 3.01. The van der Waals surface area contributed by atoms with Crippen molar-refractivity contribution in [2.45, 2.75) is 81.2 Å². The molecule has 2 fully saturated rings. The molecular weight excluding hydrogens is 622 g/mol. The average molecular weight is 674 g/mol. The van der Waals surface area contributed by atoms with Crippen molar-refractivity contribution in [3.63, 3.8) is 0 Å². The second-order valence-electron chi connectivity index (χ2n) is 10.7. The van der Waals surface area contributed by atoms with Gasteiger partial charge in [-0.05, 0) is 0 Å². The van der Waals surface area contributed by atoms with Crippen LogP contribution in [0, 0.1) is 0 Å². The van der Waals surface area contributed by atoms with Gasteiger partial charge in [0.05, 0.1) is 85.3 Å². The molecule has 2 saturated heterocycles. The fourth-order valence-electron chi connectivity index (χ4n) is 4.63. The van der Waals surface area contributed by atoms with E-state index in [2.05, 4.69) is 10.6 Å². The Kier molecular flexibility index (Phi) is 19.4. The maximum Gasteiger partial charge on any atom is 0.217 e. The Morgan fingerprint density at radius 2 is 0.978 bits per heavy atom. The minimum atomic E-state index is -1.39. The van der Waals surface area contributed by atoms with Gasteiger partial charge >= 0.3 is 0 Å². The molecule has 0 saturated carbocycles. The lowest BCUT2D eigenvalue weighted by Crippen LogP contribution is -2.64. The molecule has 2 amide bonds. The Morgan fingerprint density at radius 1 is 0.630 bits per heavy atom. The summed E-state index contributed by atoms with van der Waals surface area (Å²) in [7, 11) is 0. The normalized spacial score (nSPS) is 32.2. The molecular formula is C27H51N3O16. The molecule has 10 unspecified atom stereocenters. The molecule has 0 aromatic heterocycles. The summed E-state index contributed by atoms with van der Waals surface area (Å²) in [5.41, 5.74) is 5.97. The van der Waals surface area contributed by atoms with E-state index in [1.165, 1.54) is 13.8 Å². The number of aliphatic hydroxyl groups is 6. The lowest BCUT2D eigenvalue weighted by molar-refractivity contribution is -0.272. The van der Waals surface area contributed by atoms with Crippen LogP contribution in [0.1, 0.15) is 13.8 Å².